The maximum absolute atomic E-state index is 11.3. The molecule has 6 nitrogen and oxygen atoms in total. The number of carbonyl (C=O) groups excluding carboxylic acids is 3. The van der Waals surface area contributed by atoms with Gasteiger partial charge in [-0.1, -0.05) is 25.8 Å². The molecule has 0 aromatic heterocycles. The lowest BCUT2D eigenvalue weighted by Crippen LogP contribution is -2.05. The number of rotatable bonds is 5. The van der Waals surface area contributed by atoms with Crippen LogP contribution in [-0.4, -0.2) is 17.9 Å². The van der Waals surface area contributed by atoms with Gasteiger partial charge in [0.15, 0.2) is 0 Å². The topological polar surface area (TPSA) is 78.9 Å². The molecule has 0 saturated heterocycles. The first-order valence-electron chi connectivity index (χ1n) is 5.98. The highest BCUT2D eigenvalue weighted by Gasteiger charge is 2.10. The highest BCUT2D eigenvalue weighted by atomic mass is 16.5. The lowest BCUT2D eigenvalue weighted by molar-refractivity contribution is -0.135. The van der Waals surface area contributed by atoms with E-state index in [1.807, 2.05) is 0 Å². The van der Waals surface area contributed by atoms with Crippen LogP contribution in [0, 0.1) is 0 Å². The van der Waals surface area contributed by atoms with E-state index in [0.29, 0.717) is 0 Å². The molecule has 1 aromatic carbocycles. The van der Waals surface area contributed by atoms with Crippen molar-refractivity contribution < 1.29 is 28.6 Å². The highest BCUT2D eigenvalue weighted by molar-refractivity contribution is 5.95. The molecule has 0 aliphatic rings. The summed E-state index contributed by atoms with van der Waals surface area (Å²) in [6.45, 7) is 11.0. The van der Waals surface area contributed by atoms with Gasteiger partial charge >= 0.3 is 17.9 Å². The molecule has 0 aliphatic carbocycles. The van der Waals surface area contributed by atoms with Crippen LogP contribution in [-0.2, 0) is 19.0 Å². The Morgan fingerprint density at radius 3 is 1.55 bits per heavy atom. The van der Waals surface area contributed by atoms with Crippen LogP contribution in [0.2, 0.25) is 0 Å². The monoisotopic (exact) mass is 304 g/mol. The summed E-state index contributed by atoms with van der Waals surface area (Å²) in [5.74, 6) is -1.49. The van der Waals surface area contributed by atoms with Gasteiger partial charge in [-0.3, -0.25) is 4.79 Å². The summed E-state index contributed by atoms with van der Waals surface area (Å²) in [5, 5.41) is 0. The number of benzene rings is 1. The Hall–Kier alpha value is -3.15. The summed E-state index contributed by atoms with van der Waals surface area (Å²) in [6, 6.07) is 5.98. The van der Waals surface area contributed by atoms with Gasteiger partial charge in [-0.05, 0) is 18.2 Å². The first kappa shape index (κ1) is 18.9. The van der Waals surface area contributed by atoms with Crippen molar-refractivity contribution >= 4 is 17.9 Å². The molecule has 22 heavy (non-hydrogen) atoms. The van der Waals surface area contributed by atoms with E-state index in [1.54, 1.807) is 6.07 Å². The lowest BCUT2D eigenvalue weighted by atomic mass is 10.1. The summed E-state index contributed by atoms with van der Waals surface area (Å²) in [7, 11) is 0. The van der Waals surface area contributed by atoms with Crippen molar-refractivity contribution in [3.8, 4) is 0 Å². The first-order valence-corrected chi connectivity index (χ1v) is 5.98. The lowest BCUT2D eigenvalue weighted by Gasteiger charge is -2.02. The Labute approximate surface area is 128 Å². The minimum atomic E-state index is -0.580. The third-order valence-corrected chi connectivity index (χ3v) is 1.96. The number of hydrogen-bond donors (Lipinski definition) is 0. The van der Waals surface area contributed by atoms with Crippen molar-refractivity contribution in [2.24, 2.45) is 0 Å². The summed E-state index contributed by atoms with van der Waals surface area (Å²) >= 11 is 0. The second kappa shape index (κ2) is 10.6. The second-order valence-corrected chi connectivity index (χ2v) is 3.50. The standard InChI is InChI=1S/C12H10O4.C4H6O2/c1-3-15-11(13)9-6-5-7-10(8-9)12(14)16-4-2;1-3-6-4(2)5/h3-8H,1-2H2;3H,1H2,2H3. The molecular weight excluding hydrogens is 288 g/mol. The fraction of sp³-hybridized carbons (Fsp3) is 0.0625. The molecule has 1 aromatic rings. The molecule has 0 radical (unpaired) electrons. The maximum Gasteiger partial charge on any atom is 0.342 e. The molecule has 1 rings (SSSR count). The summed E-state index contributed by atoms with van der Waals surface area (Å²) in [5.41, 5.74) is 0.497. The van der Waals surface area contributed by atoms with Gasteiger partial charge in [0, 0.05) is 6.92 Å². The molecule has 0 unspecified atom stereocenters. The van der Waals surface area contributed by atoms with Crippen LogP contribution in [0.15, 0.2) is 62.8 Å². The van der Waals surface area contributed by atoms with E-state index < -0.39 is 11.9 Å². The molecule has 0 bridgehead atoms. The van der Waals surface area contributed by atoms with E-state index >= 15 is 0 Å². The Bertz CT molecular complexity index is 537. The largest absolute Gasteiger partial charge is 0.435 e. The van der Waals surface area contributed by atoms with Gasteiger partial charge in [0.05, 0.1) is 29.9 Å². The minimum absolute atomic E-state index is 0.249. The molecule has 0 amide bonds. The van der Waals surface area contributed by atoms with E-state index in [2.05, 4.69) is 33.9 Å². The SMILES string of the molecule is C=COC(=O)c1cccc(C(=O)OC=C)c1.C=COC(C)=O. The molecular formula is C16H16O6. The predicted octanol–water partition coefficient (Wildman–Crippen LogP) is 2.98. The fourth-order valence-corrected chi connectivity index (χ4v) is 1.18. The van der Waals surface area contributed by atoms with Crippen LogP contribution in [0.3, 0.4) is 0 Å². The maximum atomic E-state index is 11.3. The van der Waals surface area contributed by atoms with Gasteiger partial charge in [-0.2, -0.15) is 0 Å². The van der Waals surface area contributed by atoms with Gasteiger partial charge in [0.2, 0.25) is 0 Å². The molecule has 0 saturated carbocycles. The zero-order valence-electron chi connectivity index (χ0n) is 12.1. The third kappa shape index (κ3) is 7.44. The van der Waals surface area contributed by atoms with E-state index in [1.165, 1.54) is 25.1 Å². The zero-order valence-corrected chi connectivity index (χ0v) is 12.1. The van der Waals surface area contributed by atoms with E-state index in [9.17, 15) is 14.4 Å². The van der Waals surface area contributed by atoms with E-state index in [4.69, 9.17) is 0 Å². The molecule has 0 N–H and O–H groups in total. The second-order valence-electron chi connectivity index (χ2n) is 3.50. The first-order chi connectivity index (χ1) is 10.5. The van der Waals surface area contributed by atoms with Crippen molar-refractivity contribution in [2.75, 3.05) is 0 Å². The van der Waals surface area contributed by atoms with Crippen molar-refractivity contribution in [3.63, 3.8) is 0 Å². The van der Waals surface area contributed by atoms with Gasteiger partial charge in [-0.25, -0.2) is 9.59 Å². The Morgan fingerprint density at radius 2 is 1.27 bits per heavy atom. The Balaban J connectivity index is 0.000000626. The predicted molar refractivity (Wildman–Crippen MR) is 79.6 cm³/mol. The normalized spacial score (nSPS) is 8.41. The fourth-order valence-electron chi connectivity index (χ4n) is 1.18. The van der Waals surface area contributed by atoms with Crippen molar-refractivity contribution in [1.82, 2.24) is 0 Å². The molecule has 6 heteroatoms. The van der Waals surface area contributed by atoms with Gasteiger partial charge < -0.3 is 14.2 Å². The molecule has 0 atom stereocenters. The van der Waals surface area contributed by atoms with Crippen LogP contribution in [0.1, 0.15) is 27.6 Å². The number of esters is 3. The van der Waals surface area contributed by atoms with Gasteiger partial charge in [-0.15, -0.1) is 0 Å². The average Bonchev–Trinajstić information content (AvgIpc) is 2.48. The molecule has 0 heterocycles. The number of ether oxygens (including phenoxy) is 3. The Kier molecular flexibility index (Phi) is 9.10. The van der Waals surface area contributed by atoms with Gasteiger partial charge in [0.1, 0.15) is 0 Å². The molecule has 0 spiro atoms. The van der Waals surface area contributed by atoms with Crippen LogP contribution in [0.4, 0.5) is 0 Å². The van der Waals surface area contributed by atoms with Crippen LogP contribution >= 0.6 is 0 Å². The molecule has 0 fully saturated rings. The van der Waals surface area contributed by atoms with E-state index in [0.717, 1.165) is 18.8 Å². The van der Waals surface area contributed by atoms with Crippen LogP contribution < -0.4 is 0 Å². The quantitative estimate of drug-likeness (QED) is 0.473. The van der Waals surface area contributed by atoms with Crippen molar-refractivity contribution in [3.05, 3.63) is 73.9 Å². The van der Waals surface area contributed by atoms with Crippen LogP contribution in [0.5, 0.6) is 0 Å². The molecule has 0 aliphatic heterocycles. The highest BCUT2D eigenvalue weighted by Crippen LogP contribution is 2.08. The number of carbonyl (C=O) groups is 3. The average molecular weight is 304 g/mol. The summed E-state index contributed by atoms with van der Waals surface area (Å²) in [4.78, 5) is 32.4. The van der Waals surface area contributed by atoms with Crippen molar-refractivity contribution in [2.45, 2.75) is 6.92 Å². The third-order valence-electron chi connectivity index (χ3n) is 1.96. The number of hydrogen-bond acceptors (Lipinski definition) is 6. The van der Waals surface area contributed by atoms with Crippen LogP contribution in [0.25, 0.3) is 0 Å². The minimum Gasteiger partial charge on any atom is -0.435 e. The summed E-state index contributed by atoms with van der Waals surface area (Å²) < 4.78 is 13.3. The van der Waals surface area contributed by atoms with E-state index in [-0.39, 0.29) is 17.1 Å². The van der Waals surface area contributed by atoms with Crippen molar-refractivity contribution in [1.29, 1.82) is 0 Å². The van der Waals surface area contributed by atoms with Gasteiger partial charge in [0.25, 0.3) is 0 Å². The molecule has 116 valence electrons. The summed E-state index contributed by atoms with van der Waals surface area (Å²) in [6.07, 6.45) is 3.15. The zero-order chi connectivity index (χ0) is 17.0. The smallest absolute Gasteiger partial charge is 0.342 e. The Morgan fingerprint density at radius 1 is 0.864 bits per heavy atom.